The van der Waals surface area contributed by atoms with Crippen molar-refractivity contribution < 1.29 is 9.59 Å². The number of hydrogen-bond donors (Lipinski definition) is 1. The van der Waals surface area contributed by atoms with Crippen LogP contribution in [0.25, 0.3) is 10.9 Å². The van der Waals surface area contributed by atoms with Gasteiger partial charge in [-0.3, -0.25) is 19.0 Å². The zero-order valence-corrected chi connectivity index (χ0v) is 20.2. The zero-order valence-electron chi connectivity index (χ0n) is 18.7. The minimum atomic E-state index is -0.300. The molecule has 2 amide bonds. The molecule has 3 aromatic rings. The first-order valence-corrected chi connectivity index (χ1v) is 12.1. The third-order valence-corrected chi connectivity index (χ3v) is 6.58. The van der Waals surface area contributed by atoms with Gasteiger partial charge in [0.25, 0.3) is 5.56 Å². The number of hydrogen-bond acceptors (Lipinski definition) is 5. The number of nitrogens with one attached hydrogen (secondary N) is 1. The largest absolute Gasteiger partial charge is 0.324 e. The molecule has 0 aliphatic carbocycles. The average Bonchev–Trinajstić information content (AvgIpc) is 2.88. The van der Waals surface area contributed by atoms with Crippen LogP contribution in [0.2, 0.25) is 5.02 Å². The van der Waals surface area contributed by atoms with Crippen LogP contribution < -0.4 is 15.8 Å². The van der Waals surface area contributed by atoms with Crippen LogP contribution in [0.5, 0.6) is 0 Å². The molecule has 33 heavy (non-hydrogen) atoms. The fourth-order valence-electron chi connectivity index (χ4n) is 3.97. The van der Waals surface area contributed by atoms with Gasteiger partial charge in [-0.05, 0) is 43.2 Å². The Morgan fingerprint density at radius 3 is 2.76 bits per heavy atom. The van der Waals surface area contributed by atoms with E-state index in [0.29, 0.717) is 39.0 Å². The molecule has 2 aromatic carbocycles. The maximum Gasteiger partial charge on any atom is 0.262 e. The Balaban J connectivity index is 1.67. The molecular weight excluding hydrogens is 460 g/mol. The Hall–Kier alpha value is -2.84. The Labute approximate surface area is 201 Å². The highest BCUT2D eigenvalue weighted by molar-refractivity contribution is 7.99. The second-order valence-corrected chi connectivity index (χ2v) is 9.92. The fourth-order valence-corrected chi connectivity index (χ4v) is 5.01. The number of halogens is 1. The van der Waals surface area contributed by atoms with E-state index in [1.54, 1.807) is 33.7 Å². The molecule has 0 radical (unpaired) electrons. The number of anilines is 2. The van der Waals surface area contributed by atoms with Crippen LogP contribution >= 0.6 is 23.4 Å². The van der Waals surface area contributed by atoms with Gasteiger partial charge in [0.2, 0.25) is 11.8 Å². The first-order chi connectivity index (χ1) is 15.7. The van der Waals surface area contributed by atoms with Crippen LogP contribution in [-0.4, -0.2) is 33.2 Å². The van der Waals surface area contributed by atoms with Gasteiger partial charge in [-0.15, -0.1) is 0 Å². The summed E-state index contributed by atoms with van der Waals surface area (Å²) >= 11 is 7.33. The highest BCUT2D eigenvalue weighted by atomic mass is 35.5. The van der Waals surface area contributed by atoms with E-state index < -0.39 is 0 Å². The van der Waals surface area contributed by atoms with Gasteiger partial charge in [0.1, 0.15) is 0 Å². The number of para-hydroxylation sites is 2. The van der Waals surface area contributed by atoms with Crippen LogP contribution in [0.1, 0.15) is 27.2 Å². The Bertz CT molecular complexity index is 1290. The Kier molecular flexibility index (Phi) is 6.76. The second kappa shape index (κ2) is 9.57. The summed E-state index contributed by atoms with van der Waals surface area (Å²) in [6, 6.07) is 12.0. The average molecular weight is 485 g/mol. The lowest BCUT2D eigenvalue weighted by Gasteiger charge is -2.27. The van der Waals surface area contributed by atoms with Crippen molar-refractivity contribution in [3.05, 3.63) is 57.8 Å². The topological polar surface area (TPSA) is 84.3 Å². The molecule has 0 saturated heterocycles. The molecule has 1 aliphatic heterocycles. The van der Waals surface area contributed by atoms with E-state index in [-0.39, 0.29) is 41.5 Å². The summed E-state index contributed by atoms with van der Waals surface area (Å²) in [4.78, 5) is 45.1. The maximum absolute atomic E-state index is 13.4. The smallest absolute Gasteiger partial charge is 0.262 e. The summed E-state index contributed by atoms with van der Waals surface area (Å²) in [7, 11) is 0. The number of aromatic nitrogens is 2. The molecule has 2 heterocycles. The molecule has 1 atom stereocenters. The van der Waals surface area contributed by atoms with Gasteiger partial charge in [-0.2, -0.15) is 0 Å². The lowest BCUT2D eigenvalue weighted by atomic mass is 10.2. The second-order valence-electron chi connectivity index (χ2n) is 8.54. The molecule has 0 bridgehead atoms. The van der Waals surface area contributed by atoms with E-state index in [2.05, 4.69) is 10.3 Å². The molecule has 7 nitrogen and oxygen atoms in total. The molecule has 1 aliphatic rings. The van der Waals surface area contributed by atoms with Crippen molar-refractivity contribution >= 4 is 57.5 Å². The summed E-state index contributed by atoms with van der Waals surface area (Å²) in [6.45, 7) is 6.38. The number of rotatable bonds is 5. The van der Waals surface area contributed by atoms with Crippen molar-refractivity contribution in [1.29, 1.82) is 0 Å². The number of amides is 2. The van der Waals surface area contributed by atoms with Gasteiger partial charge in [0, 0.05) is 24.0 Å². The minimum Gasteiger partial charge on any atom is -0.324 e. The molecule has 0 saturated carbocycles. The van der Waals surface area contributed by atoms with Crippen LogP contribution in [0.4, 0.5) is 11.4 Å². The number of carbonyl (C=O) groups is 2. The summed E-state index contributed by atoms with van der Waals surface area (Å²) < 4.78 is 1.62. The van der Waals surface area contributed by atoms with Crippen LogP contribution in [0.15, 0.2) is 52.4 Å². The lowest BCUT2D eigenvalue weighted by Crippen LogP contribution is -2.40. The molecule has 0 spiro atoms. The number of thioether (sulfide) groups is 1. The van der Waals surface area contributed by atoms with Crippen molar-refractivity contribution in [2.75, 3.05) is 16.0 Å². The summed E-state index contributed by atoms with van der Waals surface area (Å²) in [6.07, 6.45) is 0.206. The van der Waals surface area contributed by atoms with Crippen LogP contribution in [0, 0.1) is 5.92 Å². The summed E-state index contributed by atoms with van der Waals surface area (Å²) in [5, 5.41) is 4.29. The third-order valence-electron chi connectivity index (χ3n) is 5.38. The molecular formula is C24H25ClN4O3S. The first kappa shape index (κ1) is 23.3. The van der Waals surface area contributed by atoms with Gasteiger partial charge >= 0.3 is 0 Å². The maximum atomic E-state index is 13.4. The standard InChI is InChI=1S/C24H25ClN4O3S/c1-14(2)12-28-23(32)17-11-16(25)8-9-18(17)27-24(28)33-13-22(31)29-15(3)10-21(30)26-19-6-4-5-7-20(19)29/h4-9,11,14-15H,10,12-13H2,1-3H3,(H,26,30)/t15-/m0/s1. The van der Waals surface area contributed by atoms with E-state index in [0.717, 1.165) is 0 Å². The van der Waals surface area contributed by atoms with E-state index in [9.17, 15) is 14.4 Å². The zero-order chi connectivity index (χ0) is 23.7. The van der Waals surface area contributed by atoms with Gasteiger partial charge in [0.05, 0.1) is 28.0 Å². The highest BCUT2D eigenvalue weighted by Gasteiger charge is 2.29. The Morgan fingerprint density at radius 2 is 2.00 bits per heavy atom. The quantitative estimate of drug-likeness (QED) is 0.424. The molecule has 1 N–H and O–H groups in total. The predicted molar refractivity (Wildman–Crippen MR) is 133 cm³/mol. The van der Waals surface area contributed by atoms with E-state index in [1.165, 1.54) is 11.8 Å². The molecule has 0 fully saturated rings. The summed E-state index contributed by atoms with van der Waals surface area (Å²) in [5.41, 5.74) is 1.65. The van der Waals surface area contributed by atoms with Gasteiger partial charge in [-0.1, -0.05) is 49.3 Å². The van der Waals surface area contributed by atoms with Crippen LogP contribution in [0.3, 0.4) is 0 Å². The third kappa shape index (κ3) is 4.91. The van der Waals surface area contributed by atoms with E-state index in [1.807, 2.05) is 39.0 Å². The van der Waals surface area contributed by atoms with Gasteiger partial charge < -0.3 is 10.2 Å². The van der Waals surface area contributed by atoms with Crippen molar-refractivity contribution in [2.45, 2.75) is 44.9 Å². The fraction of sp³-hybridized carbons (Fsp3) is 0.333. The SMILES string of the molecule is CC(C)Cn1c(SCC(=O)N2c3ccccc3NC(=O)C[C@@H]2C)nc2ccc(Cl)cc2c1=O. The molecule has 4 rings (SSSR count). The van der Waals surface area contributed by atoms with Crippen LogP contribution in [-0.2, 0) is 16.1 Å². The molecule has 172 valence electrons. The normalized spacial score (nSPS) is 16.0. The van der Waals surface area contributed by atoms with Gasteiger partial charge in [-0.25, -0.2) is 4.98 Å². The number of fused-ring (bicyclic) bond motifs is 2. The minimum absolute atomic E-state index is 0.0799. The molecule has 9 heteroatoms. The van der Waals surface area contributed by atoms with E-state index in [4.69, 9.17) is 11.6 Å². The Morgan fingerprint density at radius 1 is 1.24 bits per heavy atom. The monoisotopic (exact) mass is 484 g/mol. The first-order valence-electron chi connectivity index (χ1n) is 10.8. The summed E-state index contributed by atoms with van der Waals surface area (Å²) in [5.74, 6) is 0.0126. The van der Waals surface area contributed by atoms with Crippen molar-refractivity contribution in [3.8, 4) is 0 Å². The predicted octanol–water partition coefficient (Wildman–Crippen LogP) is 4.56. The van der Waals surface area contributed by atoms with Crippen molar-refractivity contribution in [3.63, 3.8) is 0 Å². The lowest BCUT2D eigenvalue weighted by molar-refractivity contribution is -0.117. The number of nitrogens with zero attached hydrogens (tertiary/aromatic N) is 3. The van der Waals surface area contributed by atoms with E-state index >= 15 is 0 Å². The number of benzene rings is 2. The molecule has 0 unspecified atom stereocenters. The number of carbonyl (C=O) groups excluding carboxylic acids is 2. The van der Waals surface area contributed by atoms with Crippen molar-refractivity contribution in [2.24, 2.45) is 5.92 Å². The van der Waals surface area contributed by atoms with Crippen molar-refractivity contribution in [1.82, 2.24) is 9.55 Å². The highest BCUT2D eigenvalue weighted by Crippen LogP contribution is 2.32. The van der Waals surface area contributed by atoms with Gasteiger partial charge in [0.15, 0.2) is 5.16 Å². The molecule has 1 aromatic heterocycles.